The summed E-state index contributed by atoms with van der Waals surface area (Å²) in [6, 6.07) is 10.5. The van der Waals surface area contributed by atoms with E-state index in [1.807, 2.05) is 45.2 Å². The van der Waals surface area contributed by atoms with E-state index in [4.69, 9.17) is 84.9 Å². The zero-order chi connectivity index (χ0) is 22.3. The van der Waals surface area contributed by atoms with Crippen molar-refractivity contribution in [2.75, 3.05) is 0 Å². The highest BCUT2D eigenvalue weighted by molar-refractivity contribution is 14.1. The maximum Gasteiger partial charge on any atom is 0.130 e. The molecule has 0 amide bonds. The molecule has 0 saturated heterocycles. The SMILES string of the molecule is Oc1cc(Cl)c(Cl)cc1I.Oc1ccc(Cl)c(Cl)c1.Oc1ccc(Cl)c(Cl)c1I. The third-order valence-electron chi connectivity index (χ3n) is 2.91. The zero-order valence-corrected chi connectivity index (χ0v) is 22.8. The molecule has 0 heterocycles. The number of aromatic hydroxyl groups is 3. The van der Waals surface area contributed by atoms with Crippen LogP contribution in [-0.4, -0.2) is 15.3 Å². The van der Waals surface area contributed by atoms with Gasteiger partial charge >= 0.3 is 0 Å². The van der Waals surface area contributed by atoms with Crippen molar-refractivity contribution in [2.45, 2.75) is 0 Å². The topological polar surface area (TPSA) is 60.7 Å². The average Bonchev–Trinajstić information content (AvgIpc) is 2.66. The van der Waals surface area contributed by atoms with Crippen LogP contribution in [0.3, 0.4) is 0 Å². The number of rotatable bonds is 0. The second-order valence-electron chi connectivity index (χ2n) is 5.01. The number of hydrogen-bond donors (Lipinski definition) is 3. The van der Waals surface area contributed by atoms with Gasteiger partial charge in [-0.25, -0.2) is 0 Å². The molecule has 0 radical (unpaired) electrons. The average molecular weight is 741 g/mol. The molecule has 0 spiro atoms. The van der Waals surface area contributed by atoms with Crippen LogP contribution in [0.15, 0.2) is 42.5 Å². The Morgan fingerprint density at radius 3 is 1.55 bits per heavy atom. The zero-order valence-electron chi connectivity index (χ0n) is 13.9. The van der Waals surface area contributed by atoms with Gasteiger partial charge in [0.05, 0.1) is 37.3 Å². The maximum atomic E-state index is 9.07. The molecule has 156 valence electrons. The Morgan fingerprint density at radius 2 is 1.07 bits per heavy atom. The second kappa shape index (κ2) is 13.0. The summed E-state index contributed by atoms with van der Waals surface area (Å²) in [6.07, 6.45) is 0. The van der Waals surface area contributed by atoms with Gasteiger partial charge in [-0.15, -0.1) is 0 Å². The summed E-state index contributed by atoms with van der Waals surface area (Å²) in [7, 11) is 0. The van der Waals surface area contributed by atoms with E-state index in [9.17, 15) is 0 Å². The number of phenolic OH excluding ortho intramolecular Hbond substituents is 3. The molecule has 0 bridgehead atoms. The first-order valence-electron chi connectivity index (χ1n) is 7.24. The van der Waals surface area contributed by atoms with Gasteiger partial charge in [-0.1, -0.05) is 69.6 Å². The summed E-state index contributed by atoms with van der Waals surface area (Å²) < 4.78 is 1.29. The molecule has 0 aromatic heterocycles. The number of benzene rings is 3. The fourth-order valence-corrected chi connectivity index (χ4v) is 3.72. The molecule has 3 rings (SSSR count). The van der Waals surface area contributed by atoms with Crippen LogP contribution in [0.2, 0.25) is 30.1 Å². The molecule has 0 unspecified atom stereocenters. The minimum absolute atomic E-state index is 0.129. The van der Waals surface area contributed by atoms with Crippen molar-refractivity contribution in [2.24, 2.45) is 0 Å². The van der Waals surface area contributed by atoms with E-state index in [0.29, 0.717) is 37.3 Å². The first-order valence-corrected chi connectivity index (χ1v) is 11.7. The van der Waals surface area contributed by atoms with Crippen LogP contribution in [0.25, 0.3) is 0 Å². The van der Waals surface area contributed by atoms with Gasteiger partial charge in [-0.05, 0) is 81.6 Å². The quantitative estimate of drug-likeness (QED) is 0.122. The van der Waals surface area contributed by atoms with Gasteiger partial charge in [-0.2, -0.15) is 0 Å². The van der Waals surface area contributed by atoms with Crippen molar-refractivity contribution in [1.82, 2.24) is 0 Å². The summed E-state index contributed by atoms with van der Waals surface area (Å²) in [5, 5.41) is 29.5. The summed E-state index contributed by atoms with van der Waals surface area (Å²) in [5.74, 6) is 0.453. The van der Waals surface area contributed by atoms with Crippen LogP contribution in [-0.2, 0) is 0 Å². The van der Waals surface area contributed by atoms with Crippen LogP contribution in [0.5, 0.6) is 17.2 Å². The number of hydrogen-bond acceptors (Lipinski definition) is 3. The lowest BCUT2D eigenvalue weighted by molar-refractivity contribution is 0.471. The molecule has 11 heteroatoms. The van der Waals surface area contributed by atoms with Crippen LogP contribution in [0.1, 0.15) is 0 Å². The molecule has 3 N–H and O–H groups in total. The molecule has 0 aliphatic carbocycles. The first-order chi connectivity index (χ1) is 13.4. The minimum atomic E-state index is 0.129. The van der Waals surface area contributed by atoms with E-state index in [0.717, 1.165) is 0 Å². The Kier molecular flexibility index (Phi) is 12.2. The highest BCUT2D eigenvalue weighted by Gasteiger charge is 2.05. The highest BCUT2D eigenvalue weighted by Crippen LogP contribution is 2.33. The largest absolute Gasteiger partial charge is 0.508 e. The highest BCUT2D eigenvalue weighted by atomic mass is 127. The molecule has 0 fully saturated rings. The first kappa shape index (κ1) is 27.3. The Bertz CT molecular complexity index is 925. The molecule has 3 nitrogen and oxygen atoms in total. The summed E-state index contributed by atoms with van der Waals surface area (Å²) in [4.78, 5) is 0. The predicted molar refractivity (Wildman–Crippen MR) is 140 cm³/mol. The normalized spacial score (nSPS) is 9.79. The Hall–Kier alpha value is 0.260. The van der Waals surface area contributed by atoms with Gasteiger partial charge in [0.2, 0.25) is 0 Å². The lowest BCUT2D eigenvalue weighted by Gasteiger charge is -1.99. The van der Waals surface area contributed by atoms with Crippen LogP contribution < -0.4 is 0 Å². The molecule has 3 aromatic rings. The maximum absolute atomic E-state index is 9.07. The van der Waals surface area contributed by atoms with Gasteiger partial charge in [0.15, 0.2) is 0 Å². The molecule has 29 heavy (non-hydrogen) atoms. The number of halogens is 8. The molecule has 0 atom stereocenters. The molecule has 0 saturated carbocycles. The molecule has 3 aromatic carbocycles. The van der Waals surface area contributed by atoms with Gasteiger partial charge in [0.1, 0.15) is 17.2 Å². The van der Waals surface area contributed by atoms with Crippen LogP contribution in [0.4, 0.5) is 0 Å². The van der Waals surface area contributed by atoms with Crippen molar-refractivity contribution in [3.63, 3.8) is 0 Å². The predicted octanol–water partition coefficient (Wildman–Crippen LogP) is 9.31. The van der Waals surface area contributed by atoms with Crippen molar-refractivity contribution in [3.8, 4) is 17.2 Å². The van der Waals surface area contributed by atoms with Crippen LogP contribution in [0, 0.1) is 7.14 Å². The monoisotopic (exact) mass is 738 g/mol. The van der Waals surface area contributed by atoms with E-state index < -0.39 is 0 Å². The van der Waals surface area contributed by atoms with Gasteiger partial charge in [0.25, 0.3) is 0 Å². The lowest BCUT2D eigenvalue weighted by atomic mass is 10.3. The summed E-state index contributed by atoms with van der Waals surface area (Å²) >= 11 is 37.5. The smallest absolute Gasteiger partial charge is 0.130 e. The second-order valence-corrected chi connectivity index (χ2v) is 9.67. The molecule has 0 aliphatic rings. The van der Waals surface area contributed by atoms with E-state index >= 15 is 0 Å². The van der Waals surface area contributed by atoms with Gasteiger partial charge in [0, 0.05) is 6.07 Å². The molecular weight excluding hydrogens is 731 g/mol. The van der Waals surface area contributed by atoms with E-state index in [-0.39, 0.29) is 17.2 Å². The van der Waals surface area contributed by atoms with Crippen LogP contribution >= 0.6 is 115 Å². The summed E-state index contributed by atoms with van der Waals surface area (Å²) in [6.45, 7) is 0. The lowest BCUT2D eigenvalue weighted by Crippen LogP contribution is -1.76. The molecule has 0 aliphatic heterocycles. The van der Waals surface area contributed by atoms with Gasteiger partial charge in [-0.3, -0.25) is 0 Å². The Morgan fingerprint density at radius 1 is 0.552 bits per heavy atom. The standard InChI is InChI=1S/2C6H3Cl2IO.C6H4Cl2O/c7-3-1-5(9)6(10)2-4(3)8;7-3-1-2-4(10)6(9)5(3)8;7-5-2-1-4(9)3-6(5)8/h2*1-2,10H;1-3,9H. The van der Waals surface area contributed by atoms with Crippen molar-refractivity contribution in [3.05, 3.63) is 79.7 Å². The van der Waals surface area contributed by atoms with Crippen molar-refractivity contribution in [1.29, 1.82) is 0 Å². The minimum Gasteiger partial charge on any atom is -0.508 e. The fourth-order valence-electron chi connectivity index (χ4n) is 1.51. The van der Waals surface area contributed by atoms with E-state index in [2.05, 4.69) is 0 Å². The molecular formula is C18H10Cl6I2O3. The Labute approximate surface area is 224 Å². The van der Waals surface area contributed by atoms with Crippen molar-refractivity contribution < 1.29 is 15.3 Å². The third kappa shape index (κ3) is 9.11. The van der Waals surface area contributed by atoms with E-state index in [1.165, 1.54) is 24.3 Å². The Balaban J connectivity index is 0.000000218. The van der Waals surface area contributed by atoms with Crippen molar-refractivity contribution >= 4 is 115 Å². The fraction of sp³-hybridized carbons (Fsp3) is 0. The number of phenols is 3. The van der Waals surface area contributed by atoms with E-state index in [1.54, 1.807) is 18.2 Å². The van der Waals surface area contributed by atoms with Gasteiger partial charge < -0.3 is 15.3 Å². The third-order valence-corrected chi connectivity index (χ3v) is 7.45. The summed E-state index contributed by atoms with van der Waals surface area (Å²) in [5.41, 5.74) is 0.